The molecule has 3 N–H and O–H groups in total. The van der Waals surface area contributed by atoms with Crippen LogP contribution in [0.4, 0.5) is 5.69 Å². The van der Waals surface area contributed by atoms with Crippen LogP contribution in [0.5, 0.6) is 0 Å². The minimum atomic E-state index is -0.677. The number of hydrogen-bond donors (Lipinski definition) is 4. The topological polar surface area (TPSA) is 79.5 Å². The molecule has 0 saturated carbocycles. The molecule has 1 fully saturated rings. The van der Waals surface area contributed by atoms with E-state index in [-0.39, 0.29) is 11.9 Å². The van der Waals surface area contributed by atoms with Crippen molar-refractivity contribution in [2.75, 3.05) is 37.5 Å². The number of thiol groups is 1. The maximum atomic E-state index is 13.3. The van der Waals surface area contributed by atoms with E-state index in [4.69, 9.17) is 4.74 Å². The zero-order valence-electron chi connectivity index (χ0n) is 19.2. The molecule has 0 aromatic heterocycles. The van der Waals surface area contributed by atoms with Crippen LogP contribution in [-0.4, -0.2) is 61.4 Å². The average molecular weight is 488 g/mol. The van der Waals surface area contributed by atoms with Crippen LogP contribution in [0.3, 0.4) is 0 Å². The molecular formula is C25H33N3O3S2. The molecule has 8 heteroatoms. The zero-order chi connectivity index (χ0) is 23.6. The van der Waals surface area contributed by atoms with Crippen molar-refractivity contribution < 1.29 is 14.3 Å². The lowest BCUT2D eigenvalue weighted by Crippen LogP contribution is -2.42. The zero-order valence-corrected chi connectivity index (χ0v) is 20.9. The van der Waals surface area contributed by atoms with Crippen LogP contribution in [0, 0.1) is 0 Å². The molecule has 1 heterocycles. The van der Waals surface area contributed by atoms with E-state index in [1.54, 1.807) is 11.8 Å². The minimum Gasteiger partial charge on any atom is -0.467 e. The summed E-state index contributed by atoms with van der Waals surface area (Å²) in [6.07, 6.45) is 4.16. The van der Waals surface area contributed by atoms with Crippen LogP contribution in [0.15, 0.2) is 48.5 Å². The number of rotatable bonds is 11. The van der Waals surface area contributed by atoms with Crippen molar-refractivity contribution in [2.24, 2.45) is 0 Å². The van der Waals surface area contributed by atoms with Gasteiger partial charge in [-0.3, -0.25) is 4.79 Å². The lowest BCUT2D eigenvalue weighted by molar-refractivity contribution is -0.142. The Bertz CT molecular complexity index is 926. The van der Waals surface area contributed by atoms with Crippen LogP contribution in [0.2, 0.25) is 0 Å². The molecule has 0 unspecified atom stereocenters. The number of carbonyl (C=O) groups excluding carboxylic acids is 2. The highest BCUT2D eigenvalue weighted by atomic mass is 32.2. The highest BCUT2D eigenvalue weighted by Gasteiger charge is 2.25. The van der Waals surface area contributed by atoms with Gasteiger partial charge in [0.15, 0.2) is 0 Å². The first-order valence-electron chi connectivity index (χ1n) is 11.2. The molecular weight excluding hydrogens is 454 g/mol. The standard InChI is InChI=1S/C25H33N3O3S2/c1-31-25(30)21(11-13-33-2)28-24(29)20-15-19(27-16-22-23(32)10-12-26-22)9-8-18(20)14-17-6-4-3-5-7-17/h3-9,15,21-23,26-27,32H,10-14,16H2,1-2H3,(H,28,29)/t21-,22+,23+/m0/s1. The first kappa shape index (κ1) is 25.5. The fourth-order valence-electron chi connectivity index (χ4n) is 3.92. The highest BCUT2D eigenvalue weighted by Crippen LogP contribution is 2.21. The average Bonchev–Trinajstić information content (AvgIpc) is 3.25. The van der Waals surface area contributed by atoms with E-state index >= 15 is 0 Å². The normalized spacial score (nSPS) is 18.5. The quantitative estimate of drug-likeness (QED) is 0.288. The molecule has 1 aliphatic rings. The molecule has 3 atom stereocenters. The molecule has 2 aromatic carbocycles. The second-order valence-corrected chi connectivity index (χ2v) is 9.81. The van der Waals surface area contributed by atoms with Gasteiger partial charge in [0.25, 0.3) is 5.91 Å². The molecule has 1 aliphatic heterocycles. The third-order valence-corrected chi connectivity index (χ3v) is 7.09. The Morgan fingerprint density at radius 2 is 2.03 bits per heavy atom. The van der Waals surface area contributed by atoms with Crippen LogP contribution < -0.4 is 16.0 Å². The van der Waals surface area contributed by atoms with E-state index < -0.39 is 12.0 Å². The van der Waals surface area contributed by atoms with Gasteiger partial charge in [0.1, 0.15) is 6.04 Å². The maximum absolute atomic E-state index is 13.3. The fraction of sp³-hybridized carbons (Fsp3) is 0.440. The highest BCUT2D eigenvalue weighted by molar-refractivity contribution is 7.98. The minimum absolute atomic E-state index is 0.271. The Morgan fingerprint density at radius 1 is 1.24 bits per heavy atom. The molecule has 0 aliphatic carbocycles. The molecule has 0 radical (unpaired) electrons. The SMILES string of the molecule is COC(=O)[C@H](CCSC)NC(=O)c1cc(NC[C@H]2NCC[C@H]2S)ccc1Cc1ccccc1. The van der Waals surface area contributed by atoms with E-state index in [0.29, 0.717) is 23.7 Å². The van der Waals surface area contributed by atoms with Gasteiger partial charge in [0, 0.05) is 29.1 Å². The number of amides is 1. The van der Waals surface area contributed by atoms with Crippen molar-refractivity contribution >= 4 is 42.0 Å². The largest absolute Gasteiger partial charge is 0.467 e. The maximum Gasteiger partial charge on any atom is 0.328 e. The molecule has 178 valence electrons. The van der Waals surface area contributed by atoms with Crippen LogP contribution in [0.1, 0.15) is 34.3 Å². The third kappa shape index (κ3) is 7.42. The third-order valence-electron chi connectivity index (χ3n) is 5.83. The molecule has 1 saturated heterocycles. The van der Waals surface area contributed by atoms with Gasteiger partial charge in [-0.25, -0.2) is 4.79 Å². The van der Waals surface area contributed by atoms with Gasteiger partial charge in [0.2, 0.25) is 0 Å². The van der Waals surface area contributed by atoms with Gasteiger partial charge in [-0.1, -0.05) is 36.4 Å². The second-order valence-electron chi connectivity index (χ2n) is 8.16. The van der Waals surface area contributed by atoms with E-state index in [1.165, 1.54) is 7.11 Å². The van der Waals surface area contributed by atoms with Gasteiger partial charge < -0.3 is 20.7 Å². The molecule has 0 spiro atoms. The Morgan fingerprint density at radius 3 is 2.70 bits per heavy atom. The predicted molar refractivity (Wildman–Crippen MR) is 140 cm³/mol. The van der Waals surface area contributed by atoms with Crippen molar-refractivity contribution in [3.8, 4) is 0 Å². The molecule has 3 rings (SSSR count). The number of nitrogens with one attached hydrogen (secondary N) is 3. The van der Waals surface area contributed by atoms with Crippen molar-refractivity contribution in [1.29, 1.82) is 0 Å². The van der Waals surface area contributed by atoms with Crippen LogP contribution in [-0.2, 0) is 16.0 Å². The monoisotopic (exact) mass is 487 g/mol. The van der Waals surface area contributed by atoms with Gasteiger partial charge in [-0.15, -0.1) is 0 Å². The number of benzene rings is 2. The van der Waals surface area contributed by atoms with Crippen LogP contribution >= 0.6 is 24.4 Å². The van der Waals surface area contributed by atoms with Gasteiger partial charge >= 0.3 is 5.97 Å². The number of ether oxygens (including phenoxy) is 1. The smallest absolute Gasteiger partial charge is 0.328 e. The van der Waals surface area contributed by atoms with E-state index in [2.05, 4.69) is 28.6 Å². The van der Waals surface area contributed by atoms with Crippen molar-refractivity contribution in [1.82, 2.24) is 10.6 Å². The molecule has 33 heavy (non-hydrogen) atoms. The summed E-state index contributed by atoms with van der Waals surface area (Å²) < 4.78 is 4.91. The predicted octanol–water partition coefficient (Wildman–Crippen LogP) is 3.37. The number of thioether (sulfide) groups is 1. The van der Waals surface area contributed by atoms with Crippen molar-refractivity contribution in [2.45, 2.75) is 36.6 Å². The van der Waals surface area contributed by atoms with Gasteiger partial charge in [-0.2, -0.15) is 24.4 Å². The molecule has 6 nitrogen and oxygen atoms in total. The second kappa shape index (κ2) is 12.9. The number of hydrogen-bond acceptors (Lipinski definition) is 7. The Kier molecular flexibility index (Phi) is 9.96. The lowest BCUT2D eigenvalue weighted by Gasteiger charge is -2.20. The number of esters is 1. The fourth-order valence-corrected chi connectivity index (χ4v) is 4.73. The van der Waals surface area contributed by atoms with Crippen molar-refractivity contribution in [3.05, 3.63) is 65.2 Å². The summed E-state index contributed by atoms with van der Waals surface area (Å²) in [5, 5.41) is 10.1. The number of carbonyl (C=O) groups is 2. The summed E-state index contributed by atoms with van der Waals surface area (Å²) in [6, 6.07) is 15.5. The summed E-state index contributed by atoms with van der Waals surface area (Å²) in [5.74, 6) is 0.0493. The van der Waals surface area contributed by atoms with E-state index in [9.17, 15) is 9.59 Å². The van der Waals surface area contributed by atoms with Crippen LogP contribution in [0.25, 0.3) is 0 Å². The first-order valence-corrected chi connectivity index (χ1v) is 13.1. The molecule has 0 bridgehead atoms. The summed E-state index contributed by atoms with van der Waals surface area (Å²) in [5.41, 5.74) is 3.45. The van der Waals surface area contributed by atoms with E-state index in [0.717, 1.165) is 42.1 Å². The lowest BCUT2D eigenvalue weighted by atomic mass is 9.98. The Balaban J connectivity index is 1.81. The molecule has 1 amide bonds. The number of methoxy groups -OCH3 is 1. The molecule has 2 aromatic rings. The van der Waals surface area contributed by atoms with E-state index in [1.807, 2.05) is 54.8 Å². The summed E-state index contributed by atoms with van der Waals surface area (Å²) in [7, 11) is 1.34. The van der Waals surface area contributed by atoms with Gasteiger partial charge in [-0.05, 0) is 61.1 Å². The summed E-state index contributed by atoms with van der Waals surface area (Å²) in [4.78, 5) is 25.6. The first-order chi connectivity index (χ1) is 16.0. The Labute approximate surface area is 206 Å². The Hall–Kier alpha value is -2.16. The van der Waals surface area contributed by atoms with Crippen molar-refractivity contribution in [3.63, 3.8) is 0 Å². The number of anilines is 1. The summed E-state index contributed by atoms with van der Waals surface area (Å²) in [6.45, 7) is 1.70. The van der Waals surface area contributed by atoms with Gasteiger partial charge in [0.05, 0.1) is 7.11 Å². The summed E-state index contributed by atoms with van der Waals surface area (Å²) >= 11 is 6.27.